The van der Waals surface area contributed by atoms with E-state index in [4.69, 9.17) is 4.74 Å². The van der Waals surface area contributed by atoms with E-state index < -0.39 is 10.9 Å². The second-order valence-electron chi connectivity index (χ2n) is 5.91. The number of benzene rings is 2. The van der Waals surface area contributed by atoms with Crippen LogP contribution in [0.3, 0.4) is 0 Å². The highest BCUT2D eigenvalue weighted by Crippen LogP contribution is 2.32. The van der Waals surface area contributed by atoms with Crippen LogP contribution in [0.1, 0.15) is 22.8 Å². The molecule has 29 heavy (non-hydrogen) atoms. The number of aromatic nitrogens is 2. The van der Waals surface area contributed by atoms with Crippen molar-refractivity contribution in [1.82, 2.24) is 9.97 Å². The molecule has 0 saturated carbocycles. The molecule has 0 unspecified atom stereocenters. The molecule has 0 spiro atoms. The van der Waals surface area contributed by atoms with Gasteiger partial charge in [0, 0.05) is 6.54 Å². The highest BCUT2D eigenvalue weighted by Gasteiger charge is 2.24. The van der Waals surface area contributed by atoms with E-state index >= 15 is 0 Å². The molecule has 0 fully saturated rings. The fourth-order valence-electron chi connectivity index (χ4n) is 2.66. The number of nitro groups is 1. The van der Waals surface area contributed by atoms with Crippen molar-refractivity contribution in [1.29, 1.82) is 0 Å². The number of rotatable bonds is 8. The number of nitrogens with zero attached hydrogens (tertiary/aromatic N) is 3. The Balaban J connectivity index is 1.91. The first-order chi connectivity index (χ1) is 14.1. The van der Waals surface area contributed by atoms with Crippen LogP contribution in [0.5, 0.6) is 0 Å². The Kier molecular flexibility index (Phi) is 6.31. The minimum Gasteiger partial charge on any atom is -0.462 e. The maximum absolute atomic E-state index is 12.2. The monoisotopic (exact) mass is 393 g/mol. The average Bonchev–Trinajstić information content (AvgIpc) is 2.73. The number of anilines is 3. The number of para-hydroxylation sites is 1. The summed E-state index contributed by atoms with van der Waals surface area (Å²) in [6.45, 7) is 2.28. The molecule has 0 bridgehead atoms. The van der Waals surface area contributed by atoms with E-state index in [0.717, 1.165) is 5.56 Å². The zero-order valence-electron chi connectivity index (χ0n) is 15.7. The lowest BCUT2D eigenvalue weighted by molar-refractivity contribution is -0.383. The van der Waals surface area contributed by atoms with Gasteiger partial charge in [0.25, 0.3) is 0 Å². The Morgan fingerprint density at radius 1 is 1.07 bits per heavy atom. The first-order valence-electron chi connectivity index (χ1n) is 8.90. The molecule has 0 saturated heterocycles. The average molecular weight is 393 g/mol. The first kappa shape index (κ1) is 19.7. The minimum atomic E-state index is -0.567. The van der Waals surface area contributed by atoms with Crippen molar-refractivity contribution in [2.75, 3.05) is 17.2 Å². The predicted molar refractivity (Wildman–Crippen MR) is 108 cm³/mol. The summed E-state index contributed by atoms with van der Waals surface area (Å²) in [4.78, 5) is 31.3. The summed E-state index contributed by atoms with van der Waals surface area (Å²) in [6, 6.07) is 16.0. The van der Waals surface area contributed by atoms with Gasteiger partial charge in [0.05, 0.1) is 22.8 Å². The van der Waals surface area contributed by atoms with Crippen LogP contribution in [0.15, 0.2) is 60.9 Å². The molecule has 0 amide bonds. The van der Waals surface area contributed by atoms with Gasteiger partial charge in [-0.2, -0.15) is 0 Å². The molecule has 3 aromatic rings. The highest BCUT2D eigenvalue weighted by molar-refractivity contribution is 5.96. The van der Waals surface area contributed by atoms with Crippen molar-refractivity contribution in [3.8, 4) is 0 Å². The van der Waals surface area contributed by atoms with E-state index in [2.05, 4.69) is 20.6 Å². The van der Waals surface area contributed by atoms with Crippen molar-refractivity contribution in [2.45, 2.75) is 13.5 Å². The van der Waals surface area contributed by atoms with Gasteiger partial charge < -0.3 is 15.4 Å². The number of esters is 1. The summed E-state index contributed by atoms with van der Waals surface area (Å²) < 4.78 is 5.04. The molecule has 148 valence electrons. The van der Waals surface area contributed by atoms with Crippen LogP contribution in [0, 0.1) is 10.1 Å². The number of hydrogen-bond donors (Lipinski definition) is 2. The number of carbonyl (C=O) groups is 1. The van der Waals surface area contributed by atoms with Gasteiger partial charge in [-0.25, -0.2) is 14.8 Å². The molecule has 1 heterocycles. The zero-order valence-corrected chi connectivity index (χ0v) is 15.7. The van der Waals surface area contributed by atoms with Gasteiger partial charge in [-0.1, -0.05) is 42.5 Å². The number of ether oxygens (including phenoxy) is 1. The number of hydrogen-bond acceptors (Lipinski definition) is 8. The molecule has 0 atom stereocenters. The third-order valence-corrected chi connectivity index (χ3v) is 3.98. The third kappa shape index (κ3) is 4.83. The highest BCUT2D eigenvalue weighted by atomic mass is 16.6. The molecule has 2 N–H and O–H groups in total. The molecule has 2 aromatic carbocycles. The van der Waals surface area contributed by atoms with Crippen LogP contribution in [-0.4, -0.2) is 27.5 Å². The van der Waals surface area contributed by atoms with Gasteiger partial charge >= 0.3 is 11.7 Å². The molecule has 3 rings (SSSR count). The SMILES string of the molecule is CCOC(=O)c1ccccc1Nc1ncnc(NCc2ccccc2)c1[N+](=O)[O-]. The molecular formula is C20H19N5O4. The van der Waals surface area contributed by atoms with Crippen LogP contribution in [0.4, 0.5) is 23.0 Å². The molecule has 0 aliphatic heterocycles. The molecular weight excluding hydrogens is 374 g/mol. The number of nitrogens with one attached hydrogen (secondary N) is 2. The molecule has 0 aliphatic rings. The van der Waals surface area contributed by atoms with Crippen LogP contribution in [0.25, 0.3) is 0 Å². The lowest BCUT2D eigenvalue weighted by Gasteiger charge is -2.12. The van der Waals surface area contributed by atoms with Gasteiger partial charge in [0.2, 0.25) is 11.6 Å². The quantitative estimate of drug-likeness (QED) is 0.336. The van der Waals surface area contributed by atoms with Crippen molar-refractivity contribution < 1.29 is 14.5 Å². The van der Waals surface area contributed by atoms with Gasteiger partial charge in [-0.05, 0) is 24.6 Å². The Bertz CT molecular complexity index is 1010. The Morgan fingerprint density at radius 2 is 1.76 bits per heavy atom. The fraction of sp³-hybridized carbons (Fsp3) is 0.150. The second-order valence-corrected chi connectivity index (χ2v) is 5.91. The van der Waals surface area contributed by atoms with Crippen LogP contribution < -0.4 is 10.6 Å². The maximum Gasteiger partial charge on any atom is 0.353 e. The maximum atomic E-state index is 12.2. The van der Waals surface area contributed by atoms with E-state index in [-0.39, 0.29) is 29.5 Å². The fourth-order valence-corrected chi connectivity index (χ4v) is 2.66. The smallest absolute Gasteiger partial charge is 0.353 e. The van der Waals surface area contributed by atoms with E-state index in [1.807, 2.05) is 30.3 Å². The van der Waals surface area contributed by atoms with Crippen LogP contribution >= 0.6 is 0 Å². The largest absolute Gasteiger partial charge is 0.462 e. The lowest BCUT2D eigenvalue weighted by Crippen LogP contribution is -2.11. The summed E-state index contributed by atoms with van der Waals surface area (Å²) in [5.74, 6) is -0.489. The molecule has 0 aliphatic carbocycles. The predicted octanol–water partition coefficient (Wildman–Crippen LogP) is 3.92. The Hall–Kier alpha value is -4.01. The van der Waals surface area contributed by atoms with E-state index in [1.165, 1.54) is 6.33 Å². The normalized spacial score (nSPS) is 10.2. The number of carbonyl (C=O) groups excluding carboxylic acids is 1. The van der Waals surface area contributed by atoms with E-state index in [1.54, 1.807) is 31.2 Å². The Morgan fingerprint density at radius 3 is 2.48 bits per heavy atom. The summed E-state index contributed by atoms with van der Waals surface area (Å²) in [7, 11) is 0. The van der Waals surface area contributed by atoms with Crippen molar-refractivity contribution >= 4 is 29.0 Å². The van der Waals surface area contributed by atoms with Gasteiger partial charge in [0.1, 0.15) is 6.33 Å². The molecule has 0 radical (unpaired) electrons. The Labute approximate surface area is 166 Å². The topological polar surface area (TPSA) is 119 Å². The molecule has 9 nitrogen and oxygen atoms in total. The lowest BCUT2D eigenvalue weighted by atomic mass is 10.1. The molecule has 9 heteroatoms. The third-order valence-electron chi connectivity index (χ3n) is 3.98. The van der Waals surface area contributed by atoms with Gasteiger partial charge in [-0.3, -0.25) is 10.1 Å². The first-order valence-corrected chi connectivity index (χ1v) is 8.90. The van der Waals surface area contributed by atoms with Crippen molar-refractivity contribution in [3.63, 3.8) is 0 Å². The van der Waals surface area contributed by atoms with Crippen LogP contribution in [0.2, 0.25) is 0 Å². The van der Waals surface area contributed by atoms with Gasteiger partial charge in [-0.15, -0.1) is 0 Å². The second kappa shape index (κ2) is 9.27. The standard InChI is InChI=1S/C20H19N5O4/c1-2-29-20(26)15-10-6-7-11-16(15)24-19-17(25(27)28)18(22-13-23-19)21-12-14-8-4-3-5-9-14/h3-11,13H,2,12H2,1H3,(H2,21,22,23,24). The van der Waals surface area contributed by atoms with Gasteiger partial charge in [0.15, 0.2) is 0 Å². The van der Waals surface area contributed by atoms with E-state index in [0.29, 0.717) is 12.2 Å². The summed E-state index contributed by atoms with van der Waals surface area (Å²) in [6.07, 6.45) is 1.22. The van der Waals surface area contributed by atoms with Crippen molar-refractivity contribution in [2.24, 2.45) is 0 Å². The summed E-state index contributed by atoms with van der Waals surface area (Å²) in [5.41, 5.74) is 1.23. The molecule has 1 aromatic heterocycles. The minimum absolute atomic E-state index is 0.0303. The summed E-state index contributed by atoms with van der Waals surface area (Å²) in [5, 5.41) is 17.6. The summed E-state index contributed by atoms with van der Waals surface area (Å²) >= 11 is 0. The van der Waals surface area contributed by atoms with Crippen molar-refractivity contribution in [3.05, 3.63) is 82.2 Å². The van der Waals surface area contributed by atoms with Crippen LogP contribution in [-0.2, 0) is 11.3 Å². The van der Waals surface area contributed by atoms with E-state index in [9.17, 15) is 14.9 Å². The zero-order chi connectivity index (χ0) is 20.6.